The van der Waals surface area contributed by atoms with E-state index in [4.69, 9.17) is 21.1 Å². The Morgan fingerprint density at radius 1 is 0.925 bits per heavy atom. The zero-order valence-corrected chi connectivity index (χ0v) is 23.8. The van der Waals surface area contributed by atoms with Gasteiger partial charge in [-0.3, -0.25) is 14.4 Å². The van der Waals surface area contributed by atoms with Crippen molar-refractivity contribution in [2.75, 3.05) is 19.1 Å². The highest BCUT2D eigenvalue weighted by Crippen LogP contribution is 2.62. The molecule has 2 aliphatic heterocycles. The minimum Gasteiger partial charge on any atom is -0.493 e. The van der Waals surface area contributed by atoms with Crippen molar-refractivity contribution in [2.45, 2.75) is 38.8 Å². The molecule has 3 aromatic rings. The van der Waals surface area contributed by atoms with Crippen LogP contribution in [-0.4, -0.2) is 43.7 Å². The van der Waals surface area contributed by atoms with E-state index < -0.39 is 28.8 Å². The number of anilines is 1. The van der Waals surface area contributed by atoms with Gasteiger partial charge in [-0.05, 0) is 29.8 Å². The summed E-state index contributed by atoms with van der Waals surface area (Å²) in [5.41, 5.74) is 0.507. The summed E-state index contributed by atoms with van der Waals surface area (Å²) in [6.07, 6.45) is 3.79. The highest BCUT2D eigenvalue weighted by Gasteiger charge is 2.72. The molecule has 0 N–H and O–H groups in total. The molecule has 0 radical (unpaired) electrons. The lowest BCUT2D eigenvalue weighted by Crippen LogP contribution is -2.49. The van der Waals surface area contributed by atoms with E-state index in [0.29, 0.717) is 33.2 Å². The summed E-state index contributed by atoms with van der Waals surface area (Å²) < 4.78 is 11.5. The van der Waals surface area contributed by atoms with Crippen molar-refractivity contribution in [3.05, 3.63) is 94.0 Å². The van der Waals surface area contributed by atoms with Crippen molar-refractivity contribution in [2.24, 2.45) is 10.8 Å². The van der Waals surface area contributed by atoms with E-state index in [1.165, 1.54) is 14.2 Å². The number of hydrogen-bond acceptors (Lipinski definition) is 6. The molecule has 1 fully saturated rings. The van der Waals surface area contributed by atoms with Crippen LogP contribution in [0.1, 0.15) is 58.5 Å². The van der Waals surface area contributed by atoms with E-state index >= 15 is 0 Å². The van der Waals surface area contributed by atoms with Gasteiger partial charge in [-0.25, -0.2) is 0 Å². The molecule has 7 heteroatoms. The van der Waals surface area contributed by atoms with Crippen LogP contribution in [0.3, 0.4) is 0 Å². The van der Waals surface area contributed by atoms with Crippen LogP contribution in [-0.2, 0) is 4.79 Å². The Labute approximate surface area is 238 Å². The summed E-state index contributed by atoms with van der Waals surface area (Å²) in [4.78, 5) is 46.0. The van der Waals surface area contributed by atoms with Gasteiger partial charge in [0.1, 0.15) is 5.41 Å². The number of halogens is 1. The van der Waals surface area contributed by atoms with E-state index in [2.05, 4.69) is 0 Å². The van der Waals surface area contributed by atoms with E-state index in [1.54, 1.807) is 42.5 Å². The first-order chi connectivity index (χ1) is 19.1. The second-order valence-electron chi connectivity index (χ2n) is 11.6. The maximum Gasteiger partial charge on any atom is 0.180 e. The second kappa shape index (κ2) is 9.07. The number of hydrogen-bond donors (Lipinski definition) is 0. The lowest BCUT2D eigenvalue weighted by Gasteiger charge is -2.38. The number of ketones is 3. The molecule has 1 aliphatic carbocycles. The molecular weight excluding hydrogens is 526 g/mol. The van der Waals surface area contributed by atoms with Crippen LogP contribution in [0.25, 0.3) is 6.08 Å². The third-order valence-electron chi connectivity index (χ3n) is 8.54. The van der Waals surface area contributed by atoms with Crippen molar-refractivity contribution in [1.82, 2.24) is 0 Å². The van der Waals surface area contributed by atoms with Gasteiger partial charge in [-0.2, -0.15) is 0 Å². The number of ether oxygens (including phenoxy) is 2. The van der Waals surface area contributed by atoms with Gasteiger partial charge in [0.15, 0.2) is 28.8 Å². The third-order valence-corrected chi connectivity index (χ3v) is 8.78. The van der Waals surface area contributed by atoms with Gasteiger partial charge in [-0.15, -0.1) is 0 Å². The quantitative estimate of drug-likeness (QED) is 0.347. The number of benzene rings is 3. The number of Topliss-reactive ketones (excluding diaryl/α,β-unsaturated/α-hetero) is 3. The predicted octanol–water partition coefficient (Wildman–Crippen LogP) is 6.41. The molecule has 2 heterocycles. The molecule has 6 nitrogen and oxygen atoms in total. The summed E-state index contributed by atoms with van der Waals surface area (Å²) in [7, 11) is 3.07. The molecular formula is C33H30ClNO5. The van der Waals surface area contributed by atoms with Crippen molar-refractivity contribution in [3.63, 3.8) is 0 Å². The number of fused-ring (bicyclic) bond motifs is 5. The van der Waals surface area contributed by atoms with Gasteiger partial charge in [0.25, 0.3) is 0 Å². The standard InChI is InChI=1S/C33H30ClNO5/c1-32(2,3)31(38)27-26(22-11-8-12-24(39-4)28(22)40-5)33(29(36)20-9-6-7-10-21(20)30(33)37)25-16-13-18-17-19(34)14-15-23(18)35(25)27/h6-17,25-27H,1-5H3/t25-,26+,27+/m1/s1. The van der Waals surface area contributed by atoms with Gasteiger partial charge in [-0.1, -0.05) is 80.9 Å². The molecule has 0 aromatic heterocycles. The molecule has 6 rings (SSSR count). The molecule has 3 aromatic carbocycles. The molecule has 1 spiro atoms. The molecule has 204 valence electrons. The molecule has 40 heavy (non-hydrogen) atoms. The predicted molar refractivity (Wildman–Crippen MR) is 155 cm³/mol. The smallest absolute Gasteiger partial charge is 0.180 e. The highest BCUT2D eigenvalue weighted by molar-refractivity contribution is 6.32. The minimum absolute atomic E-state index is 0.0861. The molecule has 3 atom stereocenters. The zero-order valence-electron chi connectivity index (χ0n) is 23.0. The van der Waals surface area contributed by atoms with Gasteiger partial charge >= 0.3 is 0 Å². The summed E-state index contributed by atoms with van der Waals surface area (Å²) in [5, 5.41) is 0.556. The molecule has 3 aliphatic rings. The molecule has 0 saturated carbocycles. The molecule has 0 unspecified atom stereocenters. The monoisotopic (exact) mass is 555 g/mol. The summed E-state index contributed by atoms with van der Waals surface area (Å²) in [6, 6.07) is 16.2. The van der Waals surface area contributed by atoms with Gasteiger partial charge in [0.05, 0.1) is 26.3 Å². The largest absolute Gasteiger partial charge is 0.493 e. The summed E-state index contributed by atoms with van der Waals surface area (Å²) in [6.45, 7) is 5.60. The van der Waals surface area contributed by atoms with Gasteiger partial charge in [0, 0.05) is 38.7 Å². The Balaban J connectivity index is 1.74. The van der Waals surface area contributed by atoms with Crippen LogP contribution in [0, 0.1) is 10.8 Å². The fourth-order valence-electron chi connectivity index (χ4n) is 6.89. The third kappa shape index (κ3) is 3.38. The topological polar surface area (TPSA) is 72.9 Å². The number of para-hydroxylation sites is 1. The van der Waals surface area contributed by atoms with E-state index in [-0.39, 0.29) is 17.3 Å². The van der Waals surface area contributed by atoms with Crippen LogP contribution < -0.4 is 14.4 Å². The van der Waals surface area contributed by atoms with E-state index in [1.807, 2.05) is 56.0 Å². The van der Waals surface area contributed by atoms with Crippen molar-refractivity contribution >= 4 is 40.7 Å². The Bertz CT molecular complexity index is 1580. The van der Waals surface area contributed by atoms with Gasteiger partial charge in [0.2, 0.25) is 0 Å². The minimum atomic E-state index is -1.61. The van der Waals surface area contributed by atoms with Crippen LogP contribution in [0.4, 0.5) is 5.69 Å². The first-order valence-electron chi connectivity index (χ1n) is 13.3. The molecule has 1 saturated heterocycles. The van der Waals surface area contributed by atoms with Crippen molar-refractivity contribution in [1.29, 1.82) is 0 Å². The fraction of sp³-hybridized carbons (Fsp3) is 0.303. The fourth-order valence-corrected chi connectivity index (χ4v) is 7.07. The molecule has 0 amide bonds. The first kappa shape index (κ1) is 26.3. The lowest BCUT2D eigenvalue weighted by atomic mass is 9.63. The maximum absolute atomic E-state index is 14.7. The maximum atomic E-state index is 14.7. The second-order valence-corrected chi connectivity index (χ2v) is 12.0. The Morgan fingerprint density at radius 2 is 1.60 bits per heavy atom. The normalized spacial score (nSPS) is 22.2. The SMILES string of the molecule is COc1cccc([C@H]2[C@@H](C(=O)C(C)(C)C)N3c4ccc(Cl)cc4C=C[C@@H]3C23C(=O)c2ccccc2C3=O)c1OC. The molecule has 0 bridgehead atoms. The van der Waals surface area contributed by atoms with Crippen molar-refractivity contribution < 1.29 is 23.9 Å². The van der Waals surface area contributed by atoms with Crippen LogP contribution in [0.2, 0.25) is 5.02 Å². The Hall–Kier alpha value is -3.90. The number of nitrogens with zero attached hydrogens (tertiary/aromatic N) is 1. The summed E-state index contributed by atoms with van der Waals surface area (Å²) >= 11 is 6.36. The number of carbonyl (C=O) groups excluding carboxylic acids is 3. The van der Waals surface area contributed by atoms with Crippen LogP contribution in [0.5, 0.6) is 11.5 Å². The number of rotatable bonds is 4. The van der Waals surface area contributed by atoms with E-state index in [9.17, 15) is 14.4 Å². The Kier molecular flexibility index (Phi) is 5.97. The number of methoxy groups -OCH3 is 2. The zero-order chi connectivity index (χ0) is 28.6. The average Bonchev–Trinajstić information content (AvgIpc) is 3.37. The average molecular weight is 556 g/mol. The summed E-state index contributed by atoms with van der Waals surface area (Å²) in [5.74, 6) is -0.670. The van der Waals surface area contributed by atoms with Crippen LogP contribution in [0.15, 0.2) is 66.7 Å². The Morgan fingerprint density at radius 3 is 2.20 bits per heavy atom. The first-order valence-corrected chi connectivity index (χ1v) is 13.6. The lowest BCUT2D eigenvalue weighted by molar-refractivity contribution is -0.127. The van der Waals surface area contributed by atoms with Crippen LogP contribution >= 0.6 is 11.6 Å². The van der Waals surface area contributed by atoms with E-state index in [0.717, 1.165) is 11.3 Å². The number of carbonyl (C=O) groups is 3. The van der Waals surface area contributed by atoms with Gasteiger partial charge < -0.3 is 14.4 Å². The highest BCUT2D eigenvalue weighted by atomic mass is 35.5. The van der Waals surface area contributed by atoms with Crippen molar-refractivity contribution in [3.8, 4) is 11.5 Å².